The van der Waals surface area contributed by atoms with E-state index in [1.165, 1.54) is 43.5 Å². The molecule has 0 fully saturated rings. The summed E-state index contributed by atoms with van der Waals surface area (Å²) in [6, 6.07) is 44.7. The summed E-state index contributed by atoms with van der Waals surface area (Å²) < 4.78 is 0. The molecule has 1 nitrogen and oxygen atoms in total. The van der Waals surface area contributed by atoms with Crippen molar-refractivity contribution >= 4 is 40.3 Å². The number of anilines is 1. The Hall–Kier alpha value is -3.41. The number of hydrogen-bond donors (Lipinski definition) is 0. The summed E-state index contributed by atoms with van der Waals surface area (Å²) in [6.07, 6.45) is 0.909. The summed E-state index contributed by atoms with van der Waals surface area (Å²) >= 11 is 0. The molecule has 0 unspecified atom stereocenters. The molecule has 198 valence electrons. The maximum Gasteiger partial charge on any atom is 0.0539 e. The molecule has 0 aromatic heterocycles. The second-order valence-electron chi connectivity index (χ2n) is 12.3. The van der Waals surface area contributed by atoms with Gasteiger partial charge in [0.25, 0.3) is 0 Å². The molecule has 0 aliphatic rings. The van der Waals surface area contributed by atoms with Crippen LogP contribution < -0.4 is 20.8 Å². The molecule has 39 heavy (non-hydrogen) atoms. The Bertz CT molecular complexity index is 1470. The second kappa shape index (κ2) is 11.0. The highest BCUT2D eigenvalue weighted by Gasteiger charge is 2.36. The zero-order valence-corrected chi connectivity index (χ0v) is 25.0. The summed E-state index contributed by atoms with van der Waals surface area (Å²) in [6.45, 7) is 14.1. The SMILES string of the molecule is CC(C)(C)N(c1c(P(c2ccccc2)c2ccccc2)cc(Cc2ccccc2)c2ccccc12)C(C)(C)C. The normalized spacial score (nSPS) is 12.2. The minimum absolute atomic E-state index is 0.0783. The lowest BCUT2D eigenvalue weighted by molar-refractivity contribution is 0.382. The Labute approximate surface area is 236 Å². The third kappa shape index (κ3) is 5.80. The molecule has 0 radical (unpaired) electrons. The molecule has 0 saturated heterocycles. The lowest BCUT2D eigenvalue weighted by atomic mass is 9.91. The molecular weight excluding hydrogens is 489 g/mol. The summed E-state index contributed by atoms with van der Waals surface area (Å²) in [7, 11) is -0.799. The Morgan fingerprint density at radius 1 is 0.538 bits per heavy atom. The number of benzene rings is 5. The summed E-state index contributed by atoms with van der Waals surface area (Å²) in [4.78, 5) is 2.67. The minimum Gasteiger partial charge on any atom is -0.361 e. The molecule has 5 aromatic rings. The average molecular weight is 530 g/mol. The van der Waals surface area contributed by atoms with E-state index in [9.17, 15) is 0 Å². The maximum atomic E-state index is 2.67. The van der Waals surface area contributed by atoms with Crippen LogP contribution in [0.2, 0.25) is 0 Å². The molecule has 2 heteroatoms. The molecule has 0 aliphatic heterocycles. The zero-order valence-electron chi connectivity index (χ0n) is 24.1. The van der Waals surface area contributed by atoms with Crippen molar-refractivity contribution in [2.24, 2.45) is 0 Å². The fraction of sp³-hybridized carbons (Fsp3) is 0.243. The van der Waals surface area contributed by atoms with Gasteiger partial charge in [-0.25, -0.2) is 0 Å². The smallest absolute Gasteiger partial charge is 0.0539 e. The molecular formula is C37H40NP. The van der Waals surface area contributed by atoms with Crippen LogP contribution in [-0.2, 0) is 6.42 Å². The van der Waals surface area contributed by atoms with Crippen LogP contribution in [0.15, 0.2) is 121 Å². The number of nitrogens with zero attached hydrogens (tertiary/aromatic N) is 1. The van der Waals surface area contributed by atoms with Gasteiger partial charge in [-0.3, -0.25) is 0 Å². The van der Waals surface area contributed by atoms with Gasteiger partial charge in [0.15, 0.2) is 0 Å². The van der Waals surface area contributed by atoms with Gasteiger partial charge in [-0.15, -0.1) is 0 Å². The van der Waals surface area contributed by atoms with Crippen LogP contribution in [0.25, 0.3) is 10.8 Å². The predicted molar refractivity (Wildman–Crippen MR) is 174 cm³/mol. The van der Waals surface area contributed by atoms with Crippen molar-refractivity contribution in [1.82, 2.24) is 0 Å². The largest absolute Gasteiger partial charge is 0.361 e. The van der Waals surface area contributed by atoms with Crippen LogP contribution in [0.4, 0.5) is 5.69 Å². The topological polar surface area (TPSA) is 3.24 Å². The van der Waals surface area contributed by atoms with Gasteiger partial charge in [0.05, 0.1) is 5.69 Å². The van der Waals surface area contributed by atoms with E-state index >= 15 is 0 Å². The van der Waals surface area contributed by atoms with Crippen molar-refractivity contribution in [3.8, 4) is 0 Å². The van der Waals surface area contributed by atoms with Gasteiger partial charge < -0.3 is 4.90 Å². The summed E-state index contributed by atoms with van der Waals surface area (Å²) in [5.74, 6) is 0. The molecule has 5 rings (SSSR count). The molecule has 0 heterocycles. The predicted octanol–water partition coefficient (Wildman–Crippen LogP) is 8.59. The third-order valence-electron chi connectivity index (χ3n) is 7.15. The highest BCUT2D eigenvalue weighted by atomic mass is 31.1. The van der Waals surface area contributed by atoms with E-state index < -0.39 is 7.92 Å². The van der Waals surface area contributed by atoms with Gasteiger partial charge in [0.1, 0.15) is 0 Å². The molecule has 0 bridgehead atoms. The Balaban J connectivity index is 1.91. The lowest BCUT2D eigenvalue weighted by Crippen LogP contribution is -2.54. The van der Waals surface area contributed by atoms with E-state index in [0.29, 0.717) is 0 Å². The minimum atomic E-state index is -0.799. The van der Waals surface area contributed by atoms with Gasteiger partial charge >= 0.3 is 0 Å². The monoisotopic (exact) mass is 529 g/mol. The fourth-order valence-corrected chi connectivity index (χ4v) is 8.56. The van der Waals surface area contributed by atoms with Crippen molar-refractivity contribution in [2.45, 2.75) is 59.0 Å². The van der Waals surface area contributed by atoms with Crippen LogP contribution in [0, 0.1) is 0 Å². The van der Waals surface area contributed by atoms with E-state index in [2.05, 4.69) is 168 Å². The quantitative estimate of drug-likeness (QED) is 0.199. The van der Waals surface area contributed by atoms with Crippen LogP contribution in [0.1, 0.15) is 52.7 Å². The van der Waals surface area contributed by atoms with Crippen LogP contribution in [-0.4, -0.2) is 11.1 Å². The highest BCUT2D eigenvalue weighted by molar-refractivity contribution is 7.80. The number of rotatable bonds is 6. The Morgan fingerprint density at radius 2 is 0.974 bits per heavy atom. The van der Waals surface area contributed by atoms with Crippen LogP contribution in [0.5, 0.6) is 0 Å². The first-order valence-electron chi connectivity index (χ1n) is 13.9. The first kappa shape index (κ1) is 27.2. The maximum absolute atomic E-state index is 2.67. The Morgan fingerprint density at radius 3 is 1.46 bits per heavy atom. The van der Waals surface area contributed by atoms with Gasteiger partial charge in [-0.1, -0.05) is 115 Å². The van der Waals surface area contributed by atoms with Gasteiger partial charge in [-0.2, -0.15) is 0 Å². The van der Waals surface area contributed by atoms with Gasteiger partial charge in [0, 0.05) is 21.8 Å². The zero-order chi connectivity index (χ0) is 27.6. The van der Waals surface area contributed by atoms with Crippen molar-refractivity contribution in [3.63, 3.8) is 0 Å². The van der Waals surface area contributed by atoms with Crippen molar-refractivity contribution in [2.75, 3.05) is 4.90 Å². The molecule has 0 atom stereocenters. The number of fused-ring (bicyclic) bond motifs is 1. The Kier molecular flexibility index (Phi) is 7.66. The molecule has 0 aliphatic carbocycles. The van der Waals surface area contributed by atoms with Crippen molar-refractivity contribution < 1.29 is 0 Å². The molecule has 0 saturated carbocycles. The number of hydrogen-bond acceptors (Lipinski definition) is 1. The second-order valence-corrected chi connectivity index (χ2v) is 14.5. The first-order chi connectivity index (χ1) is 18.6. The van der Waals surface area contributed by atoms with E-state index in [1.54, 1.807) is 0 Å². The van der Waals surface area contributed by atoms with Crippen molar-refractivity contribution in [3.05, 3.63) is 132 Å². The van der Waals surface area contributed by atoms with Crippen molar-refractivity contribution in [1.29, 1.82) is 0 Å². The molecule has 0 N–H and O–H groups in total. The van der Waals surface area contributed by atoms with E-state index in [-0.39, 0.29) is 11.1 Å². The van der Waals surface area contributed by atoms with Gasteiger partial charge in [0.2, 0.25) is 0 Å². The lowest BCUT2D eigenvalue weighted by Gasteiger charge is -2.49. The first-order valence-corrected chi connectivity index (χ1v) is 15.3. The van der Waals surface area contributed by atoms with E-state index in [1.807, 2.05) is 0 Å². The highest BCUT2D eigenvalue weighted by Crippen LogP contribution is 2.45. The standard InChI is InChI=1S/C37H40NP/c1-36(2,3)38(37(4,5)6)35-33-25-17-16-24-32(33)29(26-28-18-10-7-11-19-28)27-34(35)39(30-20-12-8-13-21-30)31-22-14-9-15-23-31/h7-25,27H,26H2,1-6H3. The average Bonchev–Trinajstić information content (AvgIpc) is 2.91. The fourth-order valence-electron chi connectivity index (χ4n) is 6.04. The van der Waals surface area contributed by atoms with E-state index in [4.69, 9.17) is 0 Å². The third-order valence-corrected chi connectivity index (χ3v) is 9.61. The molecule has 5 aromatic carbocycles. The summed E-state index contributed by atoms with van der Waals surface area (Å²) in [5, 5.41) is 6.86. The van der Waals surface area contributed by atoms with Crippen LogP contribution in [0.3, 0.4) is 0 Å². The molecule has 0 spiro atoms. The summed E-state index contributed by atoms with van der Waals surface area (Å²) in [5.41, 5.74) is 3.93. The van der Waals surface area contributed by atoms with Gasteiger partial charge in [-0.05, 0) is 89.1 Å². The van der Waals surface area contributed by atoms with E-state index in [0.717, 1.165) is 6.42 Å². The van der Waals surface area contributed by atoms with Crippen LogP contribution >= 0.6 is 7.92 Å². The molecule has 0 amide bonds.